The standard InChI is InChI=1S/C24H30N4O4/c1-4-8-20(27-22(30)15(2)25-3)24(32)28-14-17(29)13-21(28)23(31)26-19-12-7-10-16-9-5-6-11-18(16)19/h1,5-6,9,11,15,19-21,25H,7-8,10,12-14H2,2-3H3,(H,26,31)(H,27,30)/t15-,19+,20-,21-/m0/s1. The van der Waals surface area contributed by atoms with Gasteiger partial charge in [0.25, 0.3) is 0 Å². The average molecular weight is 439 g/mol. The van der Waals surface area contributed by atoms with E-state index in [0.717, 1.165) is 24.8 Å². The number of likely N-dealkylation sites (tertiary alicyclic amines) is 1. The molecule has 1 aromatic carbocycles. The van der Waals surface area contributed by atoms with Gasteiger partial charge in [-0.3, -0.25) is 19.2 Å². The van der Waals surface area contributed by atoms with E-state index in [-0.39, 0.29) is 43.0 Å². The molecule has 170 valence electrons. The molecule has 0 bridgehead atoms. The number of aryl methyl sites for hydroxylation is 1. The Kier molecular flexibility index (Phi) is 7.65. The maximum absolute atomic E-state index is 13.2. The number of hydrogen-bond donors (Lipinski definition) is 3. The molecule has 4 atom stereocenters. The third-order valence-corrected chi connectivity index (χ3v) is 6.18. The highest BCUT2D eigenvalue weighted by Crippen LogP contribution is 2.30. The molecule has 0 unspecified atom stereocenters. The molecule has 32 heavy (non-hydrogen) atoms. The molecule has 3 rings (SSSR count). The molecule has 1 aromatic rings. The lowest BCUT2D eigenvalue weighted by Gasteiger charge is -2.31. The van der Waals surface area contributed by atoms with Crippen molar-refractivity contribution >= 4 is 23.5 Å². The number of carbonyl (C=O) groups is 4. The molecule has 8 heteroatoms. The minimum absolute atomic E-state index is 0.0317. The molecule has 3 N–H and O–H groups in total. The number of Topliss-reactive ketones (excluding diaryl/α,β-unsaturated/α-hetero) is 1. The summed E-state index contributed by atoms with van der Waals surface area (Å²) in [6, 6.07) is 5.39. The molecule has 3 amide bonds. The first-order valence-corrected chi connectivity index (χ1v) is 11.0. The van der Waals surface area contributed by atoms with Crippen LogP contribution < -0.4 is 16.0 Å². The van der Waals surface area contributed by atoms with Crippen LogP contribution in [0.2, 0.25) is 0 Å². The summed E-state index contributed by atoms with van der Waals surface area (Å²) in [4.78, 5) is 52.1. The van der Waals surface area contributed by atoms with Crippen molar-refractivity contribution in [3.63, 3.8) is 0 Å². The fourth-order valence-electron chi connectivity index (χ4n) is 4.27. The van der Waals surface area contributed by atoms with Gasteiger partial charge in [0.1, 0.15) is 12.1 Å². The topological polar surface area (TPSA) is 108 Å². The average Bonchev–Trinajstić information content (AvgIpc) is 3.19. The van der Waals surface area contributed by atoms with Crippen molar-refractivity contribution < 1.29 is 19.2 Å². The van der Waals surface area contributed by atoms with Gasteiger partial charge in [-0.25, -0.2) is 0 Å². The van der Waals surface area contributed by atoms with Gasteiger partial charge in [-0.2, -0.15) is 0 Å². The smallest absolute Gasteiger partial charge is 0.247 e. The van der Waals surface area contributed by atoms with Gasteiger partial charge in [0, 0.05) is 12.8 Å². The number of nitrogens with one attached hydrogen (secondary N) is 3. The van der Waals surface area contributed by atoms with Gasteiger partial charge in [0.05, 0.1) is 18.6 Å². The third-order valence-electron chi connectivity index (χ3n) is 6.18. The van der Waals surface area contributed by atoms with E-state index in [4.69, 9.17) is 6.42 Å². The molecule has 0 aromatic heterocycles. The van der Waals surface area contributed by atoms with Crippen molar-refractivity contribution in [3.8, 4) is 12.3 Å². The van der Waals surface area contributed by atoms with E-state index in [0.29, 0.717) is 0 Å². The highest BCUT2D eigenvalue weighted by Gasteiger charge is 2.42. The van der Waals surface area contributed by atoms with Crippen LogP contribution in [0.5, 0.6) is 0 Å². The number of amides is 3. The van der Waals surface area contributed by atoms with Crippen molar-refractivity contribution in [1.82, 2.24) is 20.9 Å². The second-order valence-corrected chi connectivity index (χ2v) is 8.36. The predicted octanol–water partition coefficient (Wildman–Crippen LogP) is 0.466. The van der Waals surface area contributed by atoms with Crippen molar-refractivity contribution in [2.45, 2.75) is 63.2 Å². The first kappa shape index (κ1) is 23.5. The van der Waals surface area contributed by atoms with Crippen LogP contribution in [0.1, 0.15) is 49.8 Å². The summed E-state index contributed by atoms with van der Waals surface area (Å²) in [6.45, 7) is 1.49. The van der Waals surface area contributed by atoms with Gasteiger partial charge in [0.2, 0.25) is 17.7 Å². The fraction of sp³-hybridized carbons (Fsp3) is 0.500. The zero-order chi connectivity index (χ0) is 23.3. The Bertz CT molecular complexity index is 938. The van der Waals surface area contributed by atoms with E-state index in [1.807, 2.05) is 18.2 Å². The van der Waals surface area contributed by atoms with E-state index in [1.165, 1.54) is 10.5 Å². The number of hydrogen-bond acceptors (Lipinski definition) is 5. The SMILES string of the molecule is C#CC[C@H](NC(=O)[C@H](C)NC)C(=O)N1CC(=O)C[C@H]1C(=O)N[C@@H]1CCCc2ccccc21. The molecule has 1 aliphatic carbocycles. The van der Waals surface area contributed by atoms with E-state index >= 15 is 0 Å². The summed E-state index contributed by atoms with van der Waals surface area (Å²) in [5.41, 5.74) is 2.28. The summed E-state index contributed by atoms with van der Waals surface area (Å²) in [7, 11) is 1.63. The molecular formula is C24H30N4O4. The molecular weight excluding hydrogens is 408 g/mol. The number of fused-ring (bicyclic) bond motifs is 1. The van der Waals surface area contributed by atoms with Crippen molar-refractivity contribution in [2.24, 2.45) is 0 Å². The molecule has 1 fully saturated rings. The van der Waals surface area contributed by atoms with Crippen molar-refractivity contribution in [2.75, 3.05) is 13.6 Å². The number of benzene rings is 1. The quantitative estimate of drug-likeness (QED) is 0.537. The lowest BCUT2D eigenvalue weighted by molar-refractivity contribution is -0.141. The summed E-state index contributed by atoms with van der Waals surface area (Å²) >= 11 is 0. The Morgan fingerprint density at radius 3 is 2.75 bits per heavy atom. The lowest BCUT2D eigenvalue weighted by atomic mass is 9.87. The molecule has 8 nitrogen and oxygen atoms in total. The highest BCUT2D eigenvalue weighted by molar-refractivity contribution is 6.01. The zero-order valence-corrected chi connectivity index (χ0v) is 18.5. The minimum Gasteiger partial charge on any atom is -0.347 e. The second kappa shape index (κ2) is 10.4. The van der Waals surface area contributed by atoms with Crippen LogP contribution in [0.25, 0.3) is 0 Å². The first-order valence-electron chi connectivity index (χ1n) is 11.0. The number of ketones is 1. The van der Waals surface area contributed by atoms with E-state index in [9.17, 15) is 19.2 Å². The largest absolute Gasteiger partial charge is 0.347 e. The molecule has 0 radical (unpaired) electrons. The van der Waals surface area contributed by atoms with Gasteiger partial charge >= 0.3 is 0 Å². The Hall–Kier alpha value is -3.18. The number of nitrogens with zero attached hydrogens (tertiary/aromatic N) is 1. The zero-order valence-electron chi connectivity index (χ0n) is 18.5. The maximum atomic E-state index is 13.2. The van der Waals surface area contributed by atoms with Crippen LogP contribution in [0.15, 0.2) is 24.3 Å². The van der Waals surface area contributed by atoms with Crippen molar-refractivity contribution in [1.29, 1.82) is 0 Å². The van der Waals surface area contributed by atoms with Crippen LogP contribution in [-0.4, -0.2) is 60.1 Å². The highest BCUT2D eigenvalue weighted by atomic mass is 16.2. The maximum Gasteiger partial charge on any atom is 0.247 e. The van der Waals surface area contributed by atoms with Crippen LogP contribution in [0.3, 0.4) is 0 Å². The molecule has 1 heterocycles. The normalized spacial score (nSPS) is 21.8. The van der Waals surface area contributed by atoms with E-state index in [1.54, 1.807) is 14.0 Å². The van der Waals surface area contributed by atoms with E-state index < -0.39 is 24.0 Å². The van der Waals surface area contributed by atoms with Gasteiger partial charge in [-0.05, 0) is 44.4 Å². The van der Waals surface area contributed by atoms with Crippen LogP contribution in [0.4, 0.5) is 0 Å². The number of terminal acetylenes is 1. The Morgan fingerprint density at radius 1 is 1.28 bits per heavy atom. The van der Waals surface area contributed by atoms with Gasteiger partial charge in [-0.1, -0.05) is 24.3 Å². The monoisotopic (exact) mass is 438 g/mol. The summed E-state index contributed by atoms with van der Waals surface area (Å²) < 4.78 is 0. The molecule has 2 aliphatic rings. The molecule has 1 aliphatic heterocycles. The Morgan fingerprint density at radius 2 is 2.03 bits per heavy atom. The van der Waals surface area contributed by atoms with Crippen molar-refractivity contribution in [3.05, 3.63) is 35.4 Å². The predicted molar refractivity (Wildman–Crippen MR) is 119 cm³/mol. The van der Waals surface area contributed by atoms with Gasteiger partial charge in [0.15, 0.2) is 5.78 Å². The second-order valence-electron chi connectivity index (χ2n) is 8.36. The van der Waals surface area contributed by atoms with Gasteiger partial charge in [-0.15, -0.1) is 12.3 Å². The van der Waals surface area contributed by atoms with Crippen LogP contribution in [-0.2, 0) is 25.6 Å². The summed E-state index contributed by atoms with van der Waals surface area (Å²) in [5, 5.41) is 8.48. The Balaban J connectivity index is 1.74. The number of likely N-dealkylation sites (N-methyl/N-ethyl adjacent to an activating group) is 1. The lowest BCUT2D eigenvalue weighted by Crippen LogP contribution is -2.55. The third kappa shape index (κ3) is 5.17. The summed E-state index contributed by atoms with van der Waals surface area (Å²) in [5.74, 6) is 0.938. The van der Waals surface area contributed by atoms with Crippen LogP contribution >= 0.6 is 0 Å². The Labute approximate surface area is 188 Å². The molecule has 1 saturated heterocycles. The minimum atomic E-state index is -1.00. The fourth-order valence-corrected chi connectivity index (χ4v) is 4.27. The number of carbonyl (C=O) groups excluding carboxylic acids is 4. The first-order chi connectivity index (χ1) is 15.3. The molecule has 0 spiro atoms. The van der Waals surface area contributed by atoms with Gasteiger partial charge < -0.3 is 20.9 Å². The summed E-state index contributed by atoms with van der Waals surface area (Å²) in [6.07, 6.45) is 8.05. The van der Waals surface area contributed by atoms with E-state index in [2.05, 4.69) is 27.9 Å². The van der Waals surface area contributed by atoms with Crippen LogP contribution in [0, 0.1) is 12.3 Å². The molecule has 0 saturated carbocycles. The number of rotatable bonds is 7.